The lowest BCUT2D eigenvalue weighted by atomic mass is 9.95. The molecule has 1 aromatic carbocycles. The molecule has 0 unspecified atom stereocenters. The SMILES string of the molecule is Cc1cc(-c2ccc(C)c(S(=O)(=O)N(Cc3ccco3)C3CCCCC3)c2)on1. The summed E-state index contributed by atoms with van der Waals surface area (Å²) in [6, 6.07) is 10.8. The van der Waals surface area contributed by atoms with Crippen LogP contribution in [0.4, 0.5) is 0 Å². The van der Waals surface area contributed by atoms with Gasteiger partial charge >= 0.3 is 0 Å². The van der Waals surface area contributed by atoms with Crippen LogP contribution in [0.2, 0.25) is 0 Å². The van der Waals surface area contributed by atoms with Crippen molar-refractivity contribution in [1.29, 1.82) is 0 Å². The van der Waals surface area contributed by atoms with Crippen LogP contribution in [0.5, 0.6) is 0 Å². The van der Waals surface area contributed by atoms with Gasteiger partial charge in [-0.25, -0.2) is 8.42 Å². The molecule has 3 aromatic rings. The molecular weight excluding hydrogens is 388 g/mol. The molecule has 1 fully saturated rings. The maximum Gasteiger partial charge on any atom is 0.244 e. The topological polar surface area (TPSA) is 76.6 Å². The second-order valence-electron chi connectivity index (χ2n) is 7.73. The van der Waals surface area contributed by atoms with Crippen molar-refractivity contribution in [2.75, 3.05) is 0 Å². The Bertz CT molecular complexity index is 1060. The molecule has 1 aliphatic rings. The third kappa shape index (κ3) is 4.16. The Morgan fingerprint density at radius 3 is 2.55 bits per heavy atom. The molecule has 0 amide bonds. The molecule has 154 valence electrons. The van der Waals surface area contributed by atoms with Crippen molar-refractivity contribution in [1.82, 2.24) is 9.46 Å². The highest BCUT2D eigenvalue weighted by atomic mass is 32.2. The van der Waals surface area contributed by atoms with Gasteiger partial charge in [0.2, 0.25) is 10.0 Å². The van der Waals surface area contributed by atoms with E-state index in [4.69, 9.17) is 8.94 Å². The van der Waals surface area contributed by atoms with E-state index in [1.807, 2.05) is 38.1 Å². The number of rotatable bonds is 6. The highest BCUT2D eigenvalue weighted by Crippen LogP contribution is 2.33. The number of aromatic nitrogens is 1. The summed E-state index contributed by atoms with van der Waals surface area (Å²) in [5.41, 5.74) is 2.17. The van der Waals surface area contributed by atoms with E-state index in [-0.39, 0.29) is 12.6 Å². The first kappa shape index (κ1) is 19.9. The molecule has 0 bridgehead atoms. The Balaban J connectivity index is 1.75. The Morgan fingerprint density at radius 1 is 1.10 bits per heavy atom. The molecule has 1 saturated carbocycles. The molecule has 0 spiro atoms. The third-order valence-corrected chi connectivity index (χ3v) is 7.60. The fourth-order valence-electron chi connectivity index (χ4n) is 3.99. The number of nitrogens with zero attached hydrogens (tertiary/aromatic N) is 2. The highest BCUT2D eigenvalue weighted by Gasteiger charge is 2.34. The van der Waals surface area contributed by atoms with E-state index < -0.39 is 10.0 Å². The van der Waals surface area contributed by atoms with Crippen LogP contribution < -0.4 is 0 Å². The fourth-order valence-corrected chi connectivity index (χ4v) is 5.90. The molecule has 29 heavy (non-hydrogen) atoms. The van der Waals surface area contributed by atoms with Crippen LogP contribution in [0.1, 0.15) is 49.1 Å². The summed E-state index contributed by atoms with van der Waals surface area (Å²) in [5, 5.41) is 3.92. The largest absolute Gasteiger partial charge is 0.468 e. The number of aryl methyl sites for hydroxylation is 2. The van der Waals surface area contributed by atoms with Crippen molar-refractivity contribution < 1.29 is 17.4 Å². The monoisotopic (exact) mass is 414 g/mol. The molecular formula is C22H26N2O4S. The molecule has 2 heterocycles. The zero-order valence-electron chi connectivity index (χ0n) is 16.8. The van der Waals surface area contributed by atoms with Gasteiger partial charge in [0.1, 0.15) is 5.76 Å². The van der Waals surface area contributed by atoms with E-state index in [1.54, 1.807) is 22.7 Å². The highest BCUT2D eigenvalue weighted by molar-refractivity contribution is 7.89. The van der Waals surface area contributed by atoms with Crippen molar-refractivity contribution in [2.24, 2.45) is 0 Å². The van der Waals surface area contributed by atoms with Crippen LogP contribution in [0, 0.1) is 13.8 Å². The smallest absolute Gasteiger partial charge is 0.244 e. The van der Waals surface area contributed by atoms with Gasteiger partial charge in [0.15, 0.2) is 5.76 Å². The summed E-state index contributed by atoms with van der Waals surface area (Å²) in [6.45, 7) is 3.91. The van der Waals surface area contributed by atoms with Crippen LogP contribution in [0.15, 0.2) is 56.5 Å². The van der Waals surface area contributed by atoms with Crippen LogP contribution in [0.25, 0.3) is 11.3 Å². The molecule has 0 aliphatic heterocycles. The van der Waals surface area contributed by atoms with Crippen LogP contribution >= 0.6 is 0 Å². The number of furan rings is 1. The van der Waals surface area contributed by atoms with Crippen molar-refractivity contribution in [3.8, 4) is 11.3 Å². The maximum absolute atomic E-state index is 13.8. The van der Waals surface area contributed by atoms with Gasteiger partial charge in [-0.05, 0) is 50.5 Å². The lowest BCUT2D eigenvalue weighted by molar-refractivity contribution is 0.234. The molecule has 0 N–H and O–H groups in total. The third-order valence-electron chi connectivity index (χ3n) is 5.56. The van der Waals surface area contributed by atoms with E-state index >= 15 is 0 Å². The van der Waals surface area contributed by atoms with Crippen LogP contribution in [0.3, 0.4) is 0 Å². The molecule has 1 aliphatic carbocycles. The van der Waals surface area contributed by atoms with Gasteiger partial charge in [-0.2, -0.15) is 4.31 Å². The maximum atomic E-state index is 13.8. The predicted octanol–water partition coefficient (Wildman–Crippen LogP) is 5.08. The van der Waals surface area contributed by atoms with Gasteiger partial charge in [0.05, 0.1) is 23.4 Å². The Morgan fingerprint density at radius 2 is 1.90 bits per heavy atom. The van der Waals surface area contributed by atoms with E-state index in [0.717, 1.165) is 37.8 Å². The molecule has 2 aromatic heterocycles. The zero-order chi connectivity index (χ0) is 20.4. The van der Waals surface area contributed by atoms with Crippen molar-refractivity contribution in [3.05, 3.63) is 59.7 Å². The van der Waals surface area contributed by atoms with E-state index in [1.165, 1.54) is 0 Å². The normalized spacial score (nSPS) is 15.8. The van der Waals surface area contributed by atoms with Gasteiger partial charge in [-0.15, -0.1) is 0 Å². The predicted molar refractivity (Wildman–Crippen MR) is 110 cm³/mol. The molecule has 0 saturated heterocycles. The van der Waals surface area contributed by atoms with Crippen molar-refractivity contribution in [2.45, 2.75) is 63.4 Å². The molecule has 7 heteroatoms. The van der Waals surface area contributed by atoms with E-state index in [9.17, 15) is 8.42 Å². The number of hydrogen-bond acceptors (Lipinski definition) is 5. The van der Waals surface area contributed by atoms with E-state index in [0.29, 0.717) is 27.5 Å². The van der Waals surface area contributed by atoms with Gasteiger partial charge in [-0.1, -0.05) is 36.6 Å². The second-order valence-corrected chi connectivity index (χ2v) is 9.59. The Labute approximate surface area is 171 Å². The minimum atomic E-state index is -3.72. The van der Waals surface area contributed by atoms with Crippen molar-refractivity contribution in [3.63, 3.8) is 0 Å². The molecule has 4 rings (SSSR count). The van der Waals surface area contributed by atoms with E-state index in [2.05, 4.69) is 5.16 Å². The standard InChI is InChI=1S/C22H26N2O4S/c1-16-10-11-18(21-13-17(2)23-28-21)14-22(16)29(25,26)24(15-20-9-6-12-27-20)19-7-4-3-5-8-19/h6,9-14,19H,3-5,7-8,15H2,1-2H3. The minimum Gasteiger partial charge on any atom is -0.468 e. The average Bonchev–Trinajstić information content (AvgIpc) is 3.38. The first-order valence-corrected chi connectivity index (χ1v) is 11.5. The van der Waals surface area contributed by atoms with Gasteiger partial charge < -0.3 is 8.94 Å². The summed E-state index contributed by atoms with van der Waals surface area (Å²) >= 11 is 0. The second kappa shape index (κ2) is 8.16. The summed E-state index contributed by atoms with van der Waals surface area (Å²) in [4.78, 5) is 0.307. The molecule has 6 nitrogen and oxygen atoms in total. The molecule has 0 radical (unpaired) electrons. The lowest BCUT2D eigenvalue weighted by Gasteiger charge is -2.33. The average molecular weight is 415 g/mol. The first-order chi connectivity index (χ1) is 13.9. The van der Waals surface area contributed by atoms with Gasteiger partial charge in [0, 0.05) is 17.7 Å². The summed E-state index contributed by atoms with van der Waals surface area (Å²) < 4.78 is 40.1. The number of benzene rings is 1. The quantitative estimate of drug-likeness (QED) is 0.562. The summed E-state index contributed by atoms with van der Waals surface area (Å²) in [5.74, 6) is 1.22. The Kier molecular flexibility index (Phi) is 5.61. The minimum absolute atomic E-state index is 0.0190. The molecule has 0 atom stereocenters. The lowest BCUT2D eigenvalue weighted by Crippen LogP contribution is -2.41. The number of sulfonamides is 1. The van der Waals surface area contributed by atoms with Crippen LogP contribution in [-0.4, -0.2) is 23.9 Å². The fraction of sp³-hybridized carbons (Fsp3) is 0.409. The zero-order valence-corrected chi connectivity index (χ0v) is 17.6. The summed E-state index contributed by atoms with van der Waals surface area (Å²) in [7, 11) is -3.72. The van der Waals surface area contributed by atoms with Crippen molar-refractivity contribution >= 4 is 10.0 Å². The van der Waals surface area contributed by atoms with Gasteiger partial charge in [0.25, 0.3) is 0 Å². The Hall–Kier alpha value is -2.38. The van der Waals surface area contributed by atoms with Gasteiger partial charge in [-0.3, -0.25) is 0 Å². The van der Waals surface area contributed by atoms with Crippen LogP contribution in [-0.2, 0) is 16.6 Å². The first-order valence-electron chi connectivity index (χ1n) is 10.0. The summed E-state index contributed by atoms with van der Waals surface area (Å²) in [6.07, 6.45) is 6.58. The number of hydrogen-bond donors (Lipinski definition) is 0.